The Hall–Kier alpha value is -1.88. The summed E-state index contributed by atoms with van der Waals surface area (Å²) in [5, 5.41) is 2.96. The van der Waals surface area contributed by atoms with Crippen LogP contribution in [0.5, 0.6) is 0 Å². The van der Waals surface area contributed by atoms with E-state index in [1.165, 1.54) is 19.3 Å². The van der Waals surface area contributed by atoms with Crippen LogP contribution in [-0.4, -0.2) is 37.4 Å². The molecule has 2 amide bonds. The highest BCUT2D eigenvalue weighted by atomic mass is 16.2. The second-order valence-electron chi connectivity index (χ2n) is 7.15. The molecule has 0 bridgehead atoms. The molecule has 1 aliphatic rings. The SMILES string of the molecule is CN(C)C(=O)Cc1ccc(NC(=O)CC2(CN)CCCCC2)cc1. The third-order valence-corrected chi connectivity index (χ3v) is 4.97. The maximum absolute atomic E-state index is 12.4. The molecule has 0 heterocycles. The lowest BCUT2D eigenvalue weighted by atomic mass is 9.71. The van der Waals surface area contributed by atoms with Crippen LogP contribution in [0.25, 0.3) is 0 Å². The Morgan fingerprint density at radius 1 is 1.12 bits per heavy atom. The number of benzene rings is 1. The van der Waals surface area contributed by atoms with E-state index < -0.39 is 0 Å². The fraction of sp³-hybridized carbons (Fsp3) is 0.579. The summed E-state index contributed by atoms with van der Waals surface area (Å²) in [4.78, 5) is 25.7. The highest BCUT2D eigenvalue weighted by Crippen LogP contribution is 2.38. The van der Waals surface area contributed by atoms with Gasteiger partial charge in [0.1, 0.15) is 0 Å². The molecular weight excluding hydrogens is 302 g/mol. The number of nitrogens with one attached hydrogen (secondary N) is 1. The Balaban J connectivity index is 1.90. The van der Waals surface area contributed by atoms with E-state index in [1.54, 1.807) is 19.0 Å². The van der Waals surface area contributed by atoms with Gasteiger partial charge in [0.15, 0.2) is 0 Å². The van der Waals surface area contributed by atoms with E-state index in [2.05, 4.69) is 5.32 Å². The van der Waals surface area contributed by atoms with Crippen molar-refractivity contribution < 1.29 is 9.59 Å². The molecule has 132 valence electrons. The predicted molar refractivity (Wildman–Crippen MR) is 96.7 cm³/mol. The number of likely N-dealkylation sites (N-methyl/N-ethyl adjacent to an activating group) is 1. The lowest BCUT2D eigenvalue weighted by molar-refractivity contribution is -0.128. The van der Waals surface area contributed by atoms with E-state index >= 15 is 0 Å². The molecule has 0 aromatic heterocycles. The Morgan fingerprint density at radius 2 is 1.75 bits per heavy atom. The van der Waals surface area contributed by atoms with E-state index in [1.807, 2.05) is 24.3 Å². The van der Waals surface area contributed by atoms with Crippen LogP contribution in [0.4, 0.5) is 5.69 Å². The first kappa shape index (κ1) is 18.5. The molecule has 3 N–H and O–H groups in total. The van der Waals surface area contributed by atoms with Crippen LogP contribution in [0.15, 0.2) is 24.3 Å². The third-order valence-electron chi connectivity index (χ3n) is 4.97. The molecule has 0 spiro atoms. The fourth-order valence-corrected chi connectivity index (χ4v) is 3.34. The molecule has 0 aliphatic heterocycles. The van der Waals surface area contributed by atoms with Gasteiger partial charge in [-0.15, -0.1) is 0 Å². The van der Waals surface area contributed by atoms with Crippen molar-refractivity contribution in [2.24, 2.45) is 11.1 Å². The molecule has 5 nitrogen and oxygen atoms in total. The zero-order valence-electron chi connectivity index (χ0n) is 14.8. The first-order valence-corrected chi connectivity index (χ1v) is 8.73. The monoisotopic (exact) mass is 331 g/mol. The second-order valence-corrected chi connectivity index (χ2v) is 7.15. The van der Waals surface area contributed by atoms with E-state index in [-0.39, 0.29) is 17.2 Å². The summed E-state index contributed by atoms with van der Waals surface area (Å²) in [6.07, 6.45) is 6.53. The second kappa shape index (κ2) is 8.29. The lowest BCUT2D eigenvalue weighted by Crippen LogP contribution is -2.36. The molecule has 1 aliphatic carbocycles. The summed E-state index contributed by atoms with van der Waals surface area (Å²) in [5.74, 6) is 0.0911. The molecule has 1 aromatic carbocycles. The van der Waals surface area contributed by atoms with Gasteiger partial charge in [0.2, 0.25) is 11.8 Å². The number of hydrogen-bond donors (Lipinski definition) is 2. The van der Waals surface area contributed by atoms with Crippen molar-refractivity contribution >= 4 is 17.5 Å². The van der Waals surface area contributed by atoms with Gasteiger partial charge in [0, 0.05) is 26.2 Å². The molecule has 1 saturated carbocycles. The van der Waals surface area contributed by atoms with E-state index in [0.717, 1.165) is 24.1 Å². The minimum atomic E-state index is -0.0274. The summed E-state index contributed by atoms with van der Waals surface area (Å²) < 4.78 is 0. The number of rotatable bonds is 6. The largest absolute Gasteiger partial charge is 0.349 e. The highest BCUT2D eigenvalue weighted by Gasteiger charge is 2.32. The van der Waals surface area contributed by atoms with Crippen molar-refractivity contribution in [1.82, 2.24) is 4.90 Å². The summed E-state index contributed by atoms with van der Waals surface area (Å²) in [7, 11) is 3.49. The van der Waals surface area contributed by atoms with Gasteiger partial charge in [-0.2, -0.15) is 0 Å². The van der Waals surface area contributed by atoms with Gasteiger partial charge >= 0.3 is 0 Å². The minimum absolute atomic E-state index is 0.0273. The fourth-order valence-electron chi connectivity index (χ4n) is 3.34. The summed E-state index contributed by atoms with van der Waals surface area (Å²) >= 11 is 0. The van der Waals surface area contributed by atoms with Crippen LogP contribution in [-0.2, 0) is 16.0 Å². The molecule has 0 atom stereocenters. The number of nitrogens with two attached hydrogens (primary N) is 1. The lowest BCUT2D eigenvalue weighted by Gasteiger charge is -2.35. The number of carbonyl (C=O) groups is 2. The number of nitrogens with zero attached hydrogens (tertiary/aromatic N) is 1. The molecule has 1 fully saturated rings. The van der Waals surface area contributed by atoms with Crippen molar-refractivity contribution in [3.63, 3.8) is 0 Å². The Bertz CT molecular complexity index is 560. The quantitative estimate of drug-likeness (QED) is 0.841. The maximum Gasteiger partial charge on any atom is 0.226 e. The Kier molecular flexibility index (Phi) is 6.37. The van der Waals surface area contributed by atoms with Gasteiger partial charge in [-0.3, -0.25) is 9.59 Å². The van der Waals surface area contributed by atoms with Crippen LogP contribution in [0, 0.1) is 5.41 Å². The normalized spacial score (nSPS) is 16.5. The first-order chi connectivity index (χ1) is 11.4. The number of amides is 2. The molecule has 1 aromatic rings. The highest BCUT2D eigenvalue weighted by molar-refractivity contribution is 5.91. The van der Waals surface area contributed by atoms with E-state index in [0.29, 0.717) is 19.4 Å². The molecular formula is C19H29N3O2. The number of hydrogen-bond acceptors (Lipinski definition) is 3. The van der Waals surface area contributed by atoms with E-state index in [4.69, 9.17) is 5.73 Å². The van der Waals surface area contributed by atoms with Gasteiger partial charge in [0.25, 0.3) is 0 Å². The Labute approximate surface area is 144 Å². The zero-order valence-corrected chi connectivity index (χ0v) is 14.8. The number of anilines is 1. The van der Waals surface area contributed by atoms with Crippen molar-refractivity contribution in [1.29, 1.82) is 0 Å². The summed E-state index contributed by atoms with van der Waals surface area (Å²) in [6, 6.07) is 7.48. The van der Waals surface area contributed by atoms with Crippen LogP contribution in [0.3, 0.4) is 0 Å². The van der Waals surface area contributed by atoms with Crippen LogP contribution in [0.2, 0.25) is 0 Å². The van der Waals surface area contributed by atoms with Crippen LogP contribution < -0.4 is 11.1 Å². The summed E-state index contributed by atoms with van der Waals surface area (Å²) in [6.45, 7) is 0.575. The molecule has 5 heteroatoms. The van der Waals surface area contributed by atoms with Crippen molar-refractivity contribution in [3.05, 3.63) is 29.8 Å². The van der Waals surface area contributed by atoms with Crippen molar-refractivity contribution in [2.45, 2.75) is 44.9 Å². The van der Waals surface area contributed by atoms with Gasteiger partial charge in [-0.25, -0.2) is 0 Å². The average Bonchev–Trinajstić information content (AvgIpc) is 2.57. The van der Waals surface area contributed by atoms with Gasteiger partial charge < -0.3 is 16.0 Å². The van der Waals surface area contributed by atoms with Gasteiger partial charge in [0.05, 0.1) is 6.42 Å². The molecule has 2 rings (SSSR count). The Morgan fingerprint density at radius 3 is 2.29 bits per heavy atom. The number of carbonyl (C=O) groups excluding carboxylic acids is 2. The molecule has 0 unspecified atom stereocenters. The summed E-state index contributed by atoms with van der Waals surface area (Å²) in [5.41, 5.74) is 7.64. The predicted octanol–water partition coefficient (Wildman–Crippen LogP) is 2.56. The zero-order chi connectivity index (χ0) is 17.6. The average molecular weight is 331 g/mol. The topological polar surface area (TPSA) is 75.4 Å². The smallest absolute Gasteiger partial charge is 0.226 e. The minimum Gasteiger partial charge on any atom is -0.349 e. The molecule has 0 saturated heterocycles. The van der Waals surface area contributed by atoms with Gasteiger partial charge in [-0.05, 0) is 42.5 Å². The standard InChI is InChI=1S/C19H29N3O2/c1-22(2)18(24)12-15-6-8-16(9-7-15)21-17(23)13-19(14-20)10-4-3-5-11-19/h6-9H,3-5,10-14,20H2,1-2H3,(H,21,23). The van der Waals surface area contributed by atoms with E-state index in [9.17, 15) is 9.59 Å². The van der Waals surface area contributed by atoms with Crippen molar-refractivity contribution in [2.75, 3.05) is 26.0 Å². The third kappa shape index (κ3) is 5.06. The molecule has 24 heavy (non-hydrogen) atoms. The first-order valence-electron chi connectivity index (χ1n) is 8.73. The molecule has 0 radical (unpaired) electrons. The van der Waals surface area contributed by atoms with Crippen molar-refractivity contribution in [3.8, 4) is 0 Å². The van der Waals surface area contributed by atoms with Crippen LogP contribution in [0.1, 0.15) is 44.1 Å². The van der Waals surface area contributed by atoms with Gasteiger partial charge in [-0.1, -0.05) is 31.4 Å². The maximum atomic E-state index is 12.4. The van der Waals surface area contributed by atoms with Crippen LogP contribution >= 0.6 is 0 Å².